The first-order valence-electron chi connectivity index (χ1n) is 7.11. The molecule has 1 unspecified atom stereocenters. The first-order chi connectivity index (χ1) is 9.86. The van der Waals surface area contributed by atoms with Crippen molar-refractivity contribution in [3.63, 3.8) is 0 Å². The van der Waals surface area contributed by atoms with Gasteiger partial charge in [-0.2, -0.15) is 0 Å². The fraction of sp³-hybridized carbons (Fsp3) is 0.375. The topological polar surface area (TPSA) is 47.0 Å². The van der Waals surface area contributed by atoms with E-state index in [1.807, 2.05) is 24.5 Å². The van der Waals surface area contributed by atoms with Gasteiger partial charge < -0.3 is 10.1 Å². The lowest BCUT2D eigenvalue weighted by atomic mass is 10.0. The molecule has 0 radical (unpaired) electrons. The van der Waals surface area contributed by atoms with E-state index in [1.165, 1.54) is 18.4 Å². The molecule has 2 aromatic rings. The average Bonchev–Trinajstić information content (AvgIpc) is 3.31. The minimum atomic E-state index is 0.121. The van der Waals surface area contributed by atoms with Crippen molar-refractivity contribution in [3.8, 4) is 5.75 Å². The molecule has 4 heteroatoms. The molecule has 0 amide bonds. The van der Waals surface area contributed by atoms with Gasteiger partial charge in [0.2, 0.25) is 0 Å². The molecule has 0 saturated heterocycles. The highest BCUT2D eigenvalue weighted by molar-refractivity contribution is 5.34. The van der Waals surface area contributed by atoms with Crippen LogP contribution in [0.25, 0.3) is 0 Å². The van der Waals surface area contributed by atoms with Crippen molar-refractivity contribution < 1.29 is 4.74 Å². The Morgan fingerprint density at radius 1 is 1.15 bits per heavy atom. The molecule has 1 heterocycles. The van der Waals surface area contributed by atoms with Crippen LogP contribution in [0.4, 0.5) is 0 Å². The van der Waals surface area contributed by atoms with Crippen LogP contribution in [0.5, 0.6) is 5.75 Å². The second kappa shape index (κ2) is 6.01. The molecule has 1 aliphatic rings. The summed E-state index contributed by atoms with van der Waals surface area (Å²) < 4.78 is 5.78. The van der Waals surface area contributed by atoms with Gasteiger partial charge in [0.1, 0.15) is 12.1 Å². The number of ether oxygens (including phenoxy) is 1. The average molecular weight is 269 g/mol. The van der Waals surface area contributed by atoms with Crippen molar-refractivity contribution in [2.45, 2.75) is 31.9 Å². The predicted molar refractivity (Wildman–Crippen MR) is 77.6 cm³/mol. The maximum Gasteiger partial charge on any atom is 0.119 e. The molecule has 3 rings (SSSR count). The number of nitrogens with zero attached hydrogens (tertiary/aromatic N) is 2. The van der Waals surface area contributed by atoms with Crippen LogP contribution in [0.3, 0.4) is 0 Å². The normalized spacial score (nSPS) is 15.8. The van der Waals surface area contributed by atoms with Gasteiger partial charge in [-0.3, -0.25) is 0 Å². The van der Waals surface area contributed by atoms with E-state index in [2.05, 4.69) is 34.3 Å². The van der Waals surface area contributed by atoms with Crippen LogP contribution >= 0.6 is 0 Å². The molecule has 1 aliphatic carbocycles. The molecule has 0 bridgehead atoms. The molecule has 104 valence electrons. The minimum absolute atomic E-state index is 0.121. The molecule has 4 nitrogen and oxygen atoms in total. The second-order valence-corrected chi connectivity index (χ2v) is 5.05. The summed E-state index contributed by atoms with van der Waals surface area (Å²) in [5.41, 5.74) is 2.27. The molecular formula is C16H19N3O. The van der Waals surface area contributed by atoms with Crippen LogP contribution in [-0.2, 0) is 0 Å². The standard InChI is InChI=1S/C16H19N3O/c1-2-19-16(13-9-17-11-18-10-13)12-3-5-14(6-4-12)20-15-7-8-15/h3-6,9-11,15-16,19H,2,7-8H2,1H3. The molecule has 1 N–H and O–H groups in total. The number of aromatic nitrogens is 2. The lowest BCUT2D eigenvalue weighted by Crippen LogP contribution is -2.22. The highest BCUT2D eigenvalue weighted by Gasteiger charge is 2.23. The minimum Gasteiger partial charge on any atom is -0.490 e. The van der Waals surface area contributed by atoms with E-state index < -0.39 is 0 Å². The van der Waals surface area contributed by atoms with Crippen molar-refractivity contribution in [2.75, 3.05) is 6.54 Å². The number of hydrogen-bond acceptors (Lipinski definition) is 4. The van der Waals surface area contributed by atoms with E-state index in [0.29, 0.717) is 6.10 Å². The molecule has 1 saturated carbocycles. The van der Waals surface area contributed by atoms with Crippen molar-refractivity contribution in [2.24, 2.45) is 0 Å². The van der Waals surface area contributed by atoms with Gasteiger partial charge in [0.05, 0.1) is 12.1 Å². The van der Waals surface area contributed by atoms with Gasteiger partial charge in [-0.1, -0.05) is 19.1 Å². The van der Waals surface area contributed by atoms with E-state index >= 15 is 0 Å². The maximum atomic E-state index is 5.78. The van der Waals surface area contributed by atoms with Crippen LogP contribution in [0.15, 0.2) is 43.0 Å². The Morgan fingerprint density at radius 3 is 2.45 bits per heavy atom. The van der Waals surface area contributed by atoms with Crippen molar-refractivity contribution in [1.82, 2.24) is 15.3 Å². The number of benzene rings is 1. The molecule has 0 aliphatic heterocycles. The summed E-state index contributed by atoms with van der Waals surface area (Å²) in [6.45, 7) is 2.99. The van der Waals surface area contributed by atoms with Crippen molar-refractivity contribution in [3.05, 3.63) is 54.1 Å². The van der Waals surface area contributed by atoms with Crippen LogP contribution in [0.2, 0.25) is 0 Å². The van der Waals surface area contributed by atoms with Gasteiger partial charge in [0.25, 0.3) is 0 Å². The molecular weight excluding hydrogens is 250 g/mol. The summed E-state index contributed by atoms with van der Waals surface area (Å²) in [5, 5.41) is 3.47. The van der Waals surface area contributed by atoms with Gasteiger partial charge in [-0.15, -0.1) is 0 Å². The molecule has 1 atom stereocenters. The van der Waals surface area contributed by atoms with Gasteiger partial charge in [0, 0.05) is 18.0 Å². The quantitative estimate of drug-likeness (QED) is 0.876. The zero-order valence-electron chi connectivity index (χ0n) is 11.6. The van der Waals surface area contributed by atoms with E-state index in [0.717, 1.165) is 17.9 Å². The van der Waals surface area contributed by atoms with Crippen LogP contribution in [0, 0.1) is 0 Å². The molecule has 1 aromatic heterocycles. The van der Waals surface area contributed by atoms with E-state index in [-0.39, 0.29) is 6.04 Å². The molecule has 1 aromatic carbocycles. The number of rotatable bonds is 6. The molecule has 20 heavy (non-hydrogen) atoms. The smallest absolute Gasteiger partial charge is 0.119 e. The Labute approximate surface area is 119 Å². The first kappa shape index (κ1) is 13.1. The Morgan fingerprint density at radius 2 is 1.85 bits per heavy atom. The third-order valence-electron chi connectivity index (χ3n) is 3.36. The zero-order valence-corrected chi connectivity index (χ0v) is 11.6. The molecule has 0 spiro atoms. The number of nitrogens with one attached hydrogen (secondary N) is 1. The summed E-state index contributed by atoms with van der Waals surface area (Å²) in [4.78, 5) is 8.21. The Hall–Kier alpha value is -1.94. The van der Waals surface area contributed by atoms with Crippen LogP contribution in [-0.4, -0.2) is 22.6 Å². The summed E-state index contributed by atoms with van der Waals surface area (Å²) in [5.74, 6) is 0.954. The summed E-state index contributed by atoms with van der Waals surface area (Å²) in [6.07, 6.45) is 8.07. The third kappa shape index (κ3) is 3.14. The summed E-state index contributed by atoms with van der Waals surface area (Å²) in [7, 11) is 0. The highest BCUT2D eigenvalue weighted by atomic mass is 16.5. The third-order valence-corrected chi connectivity index (χ3v) is 3.36. The fourth-order valence-electron chi connectivity index (χ4n) is 2.21. The lowest BCUT2D eigenvalue weighted by Gasteiger charge is -2.18. The van der Waals surface area contributed by atoms with Crippen molar-refractivity contribution >= 4 is 0 Å². The lowest BCUT2D eigenvalue weighted by molar-refractivity contribution is 0.303. The monoisotopic (exact) mass is 269 g/mol. The SMILES string of the molecule is CCNC(c1ccc(OC2CC2)cc1)c1cncnc1. The Bertz CT molecular complexity index is 537. The van der Waals surface area contributed by atoms with Gasteiger partial charge in [-0.05, 0) is 37.1 Å². The Balaban J connectivity index is 1.79. The van der Waals surface area contributed by atoms with Crippen molar-refractivity contribution in [1.29, 1.82) is 0 Å². The fourth-order valence-corrected chi connectivity index (χ4v) is 2.21. The van der Waals surface area contributed by atoms with Gasteiger partial charge in [0.15, 0.2) is 0 Å². The van der Waals surface area contributed by atoms with Gasteiger partial charge in [-0.25, -0.2) is 9.97 Å². The highest BCUT2D eigenvalue weighted by Crippen LogP contribution is 2.28. The zero-order chi connectivity index (χ0) is 13.8. The predicted octanol–water partition coefficient (Wildman–Crippen LogP) is 2.72. The first-order valence-corrected chi connectivity index (χ1v) is 7.11. The van der Waals surface area contributed by atoms with Crippen LogP contribution < -0.4 is 10.1 Å². The summed E-state index contributed by atoms with van der Waals surface area (Å²) in [6, 6.07) is 8.43. The Kier molecular flexibility index (Phi) is 3.92. The van der Waals surface area contributed by atoms with E-state index in [9.17, 15) is 0 Å². The number of hydrogen-bond donors (Lipinski definition) is 1. The second-order valence-electron chi connectivity index (χ2n) is 5.05. The van der Waals surface area contributed by atoms with Gasteiger partial charge >= 0.3 is 0 Å². The van der Waals surface area contributed by atoms with Crippen LogP contribution in [0.1, 0.15) is 36.9 Å². The van der Waals surface area contributed by atoms with E-state index in [1.54, 1.807) is 6.33 Å². The summed E-state index contributed by atoms with van der Waals surface area (Å²) >= 11 is 0. The van der Waals surface area contributed by atoms with E-state index in [4.69, 9.17) is 4.74 Å². The largest absolute Gasteiger partial charge is 0.490 e. The maximum absolute atomic E-state index is 5.78. The molecule has 1 fully saturated rings.